The molecule has 0 saturated carbocycles. The van der Waals surface area contributed by atoms with E-state index in [9.17, 15) is 4.79 Å². The zero-order valence-electron chi connectivity index (χ0n) is 10.6. The molecule has 0 unspecified atom stereocenters. The minimum atomic E-state index is -0.468. The zero-order chi connectivity index (χ0) is 12.2. The van der Waals surface area contributed by atoms with Crippen molar-refractivity contribution in [2.45, 2.75) is 26.7 Å². The fourth-order valence-corrected chi connectivity index (χ4v) is 1.70. The van der Waals surface area contributed by atoms with Crippen LogP contribution in [0.2, 0.25) is 0 Å². The van der Waals surface area contributed by atoms with Crippen molar-refractivity contribution in [3.05, 3.63) is 12.3 Å². The van der Waals surface area contributed by atoms with Gasteiger partial charge in [0.05, 0.1) is 11.6 Å². The van der Waals surface area contributed by atoms with Crippen LogP contribution in [0.4, 0.5) is 5.82 Å². The number of aromatic nitrogens is 2. The van der Waals surface area contributed by atoms with E-state index >= 15 is 0 Å². The van der Waals surface area contributed by atoms with Gasteiger partial charge in [0, 0.05) is 19.7 Å². The molecule has 3 N–H and O–H groups in total. The second kappa shape index (κ2) is 6.61. The SMILES string of the molecule is CCC(CC)(CN)C(=O)Nc1ccnn1C.Cl. The Bertz CT molecular complexity index is 352. The molecule has 1 amide bonds. The number of amides is 1. The van der Waals surface area contributed by atoms with Gasteiger partial charge in [-0.1, -0.05) is 13.8 Å². The zero-order valence-corrected chi connectivity index (χ0v) is 11.4. The van der Waals surface area contributed by atoms with E-state index < -0.39 is 5.41 Å². The predicted molar refractivity (Wildman–Crippen MR) is 71.2 cm³/mol. The quantitative estimate of drug-likeness (QED) is 0.844. The van der Waals surface area contributed by atoms with Crippen LogP contribution in [0.15, 0.2) is 12.3 Å². The summed E-state index contributed by atoms with van der Waals surface area (Å²) in [6.45, 7) is 4.34. The summed E-state index contributed by atoms with van der Waals surface area (Å²) in [5, 5.41) is 6.87. The van der Waals surface area contributed by atoms with Gasteiger partial charge in [-0.2, -0.15) is 5.10 Å². The highest BCUT2D eigenvalue weighted by atomic mass is 35.5. The summed E-state index contributed by atoms with van der Waals surface area (Å²) in [6.07, 6.45) is 3.13. The predicted octanol–water partition coefficient (Wildman–Crippen LogP) is 1.55. The summed E-state index contributed by atoms with van der Waals surface area (Å²) in [4.78, 5) is 12.1. The van der Waals surface area contributed by atoms with Crippen molar-refractivity contribution in [3.8, 4) is 0 Å². The molecule has 0 aliphatic heterocycles. The van der Waals surface area contributed by atoms with Crippen LogP contribution in [0.3, 0.4) is 0 Å². The third kappa shape index (κ3) is 3.20. The van der Waals surface area contributed by atoms with Crippen molar-refractivity contribution in [1.29, 1.82) is 0 Å². The molecule has 0 saturated heterocycles. The molecular formula is C11H21ClN4O. The van der Waals surface area contributed by atoms with Gasteiger partial charge in [0.25, 0.3) is 0 Å². The van der Waals surface area contributed by atoms with E-state index in [1.807, 2.05) is 13.8 Å². The highest BCUT2D eigenvalue weighted by Crippen LogP contribution is 2.26. The Balaban J connectivity index is 0.00000256. The number of carbonyl (C=O) groups excluding carboxylic acids is 1. The Hall–Kier alpha value is -1.07. The molecule has 1 aromatic rings. The fraction of sp³-hybridized carbons (Fsp3) is 0.636. The highest BCUT2D eigenvalue weighted by Gasteiger charge is 2.33. The third-order valence-corrected chi connectivity index (χ3v) is 3.29. The van der Waals surface area contributed by atoms with Gasteiger partial charge < -0.3 is 11.1 Å². The number of rotatable bonds is 5. The Morgan fingerprint density at radius 1 is 1.53 bits per heavy atom. The van der Waals surface area contributed by atoms with Crippen LogP contribution < -0.4 is 11.1 Å². The van der Waals surface area contributed by atoms with Gasteiger partial charge in [0.1, 0.15) is 5.82 Å². The molecule has 6 heteroatoms. The molecule has 1 aromatic heterocycles. The molecule has 0 aliphatic carbocycles. The summed E-state index contributed by atoms with van der Waals surface area (Å²) < 4.78 is 1.63. The Labute approximate surface area is 108 Å². The van der Waals surface area contributed by atoms with Crippen molar-refractivity contribution in [2.24, 2.45) is 18.2 Å². The van der Waals surface area contributed by atoms with E-state index in [4.69, 9.17) is 5.73 Å². The van der Waals surface area contributed by atoms with E-state index in [0.717, 1.165) is 12.8 Å². The molecule has 0 aliphatic rings. The van der Waals surface area contributed by atoms with Crippen molar-refractivity contribution in [1.82, 2.24) is 9.78 Å². The summed E-state index contributed by atoms with van der Waals surface area (Å²) >= 11 is 0. The van der Waals surface area contributed by atoms with Gasteiger partial charge >= 0.3 is 0 Å². The summed E-state index contributed by atoms with van der Waals surface area (Å²) in [6, 6.07) is 1.77. The van der Waals surface area contributed by atoms with Crippen LogP contribution >= 0.6 is 12.4 Å². The third-order valence-electron chi connectivity index (χ3n) is 3.29. The number of hydrogen-bond acceptors (Lipinski definition) is 3. The monoisotopic (exact) mass is 260 g/mol. The normalized spacial score (nSPS) is 10.8. The number of carbonyl (C=O) groups is 1. The minimum absolute atomic E-state index is 0. The molecule has 0 spiro atoms. The average molecular weight is 261 g/mol. The molecule has 0 fully saturated rings. The lowest BCUT2D eigenvalue weighted by atomic mass is 9.81. The smallest absolute Gasteiger partial charge is 0.232 e. The first-order valence-electron chi connectivity index (χ1n) is 5.59. The van der Waals surface area contributed by atoms with Crippen LogP contribution in [0, 0.1) is 5.41 Å². The van der Waals surface area contributed by atoms with Crippen LogP contribution in [-0.4, -0.2) is 22.2 Å². The molecule has 0 atom stereocenters. The first-order chi connectivity index (χ1) is 7.59. The Morgan fingerprint density at radius 3 is 2.47 bits per heavy atom. The average Bonchev–Trinajstić information content (AvgIpc) is 2.68. The lowest BCUT2D eigenvalue weighted by Crippen LogP contribution is -2.41. The van der Waals surface area contributed by atoms with Gasteiger partial charge in [-0.05, 0) is 12.8 Å². The summed E-state index contributed by atoms with van der Waals surface area (Å²) in [5.41, 5.74) is 5.25. The van der Waals surface area contributed by atoms with E-state index in [0.29, 0.717) is 12.4 Å². The van der Waals surface area contributed by atoms with Crippen molar-refractivity contribution in [2.75, 3.05) is 11.9 Å². The summed E-state index contributed by atoms with van der Waals surface area (Å²) in [5.74, 6) is 0.674. The number of nitrogens with one attached hydrogen (secondary N) is 1. The molecule has 1 heterocycles. The van der Waals surface area contributed by atoms with Crippen LogP contribution in [0.1, 0.15) is 26.7 Å². The molecule has 17 heavy (non-hydrogen) atoms. The van der Waals surface area contributed by atoms with E-state index in [1.165, 1.54) is 0 Å². The highest BCUT2D eigenvalue weighted by molar-refractivity contribution is 5.94. The number of nitrogens with two attached hydrogens (primary N) is 1. The van der Waals surface area contributed by atoms with Crippen LogP contribution in [0.25, 0.3) is 0 Å². The first-order valence-corrected chi connectivity index (χ1v) is 5.59. The van der Waals surface area contributed by atoms with E-state index in [2.05, 4.69) is 10.4 Å². The van der Waals surface area contributed by atoms with Gasteiger partial charge in [0.2, 0.25) is 5.91 Å². The second-order valence-corrected chi connectivity index (χ2v) is 3.99. The lowest BCUT2D eigenvalue weighted by Gasteiger charge is -2.28. The minimum Gasteiger partial charge on any atom is -0.329 e. The second-order valence-electron chi connectivity index (χ2n) is 3.99. The van der Waals surface area contributed by atoms with Crippen LogP contribution in [0.5, 0.6) is 0 Å². The summed E-state index contributed by atoms with van der Waals surface area (Å²) in [7, 11) is 1.79. The number of hydrogen-bond donors (Lipinski definition) is 2. The number of halogens is 1. The van der Waals surface area contributed by atoms with Crippen molar-refractivity contribution in [3.63, 3.8) is 0 Å². The Morgan fingerprint density at radius 2 is 2.12 bits per heavy atom. The molecule has 5 nitrogen and oxygen atoms in total. The van der Waals surface area contributed by atoms with Crippen LogP contribution in [-0.2, 0) is 11.8 Å². The van der Waals surface area contributed by atoms with Gasteiger partial charge in [-0.3, -0.25) is 9.48 Å². The maximum Gasteiger partial charge on any atom is 0.232 e. The molecule has 98 valence electrons. The standard InChI is InChI=1S/C11H20N4O.ClH/c1-4-11(5-2,8-12)10(16)14-9-6-7-13-15(9)3;/h6-7H,4-5,8,12H2,1-3H3,(H,14,16);1H. The first kappa shape index (κ1) is 15.9. The molecular weight excluding hydrogens is 240 g/mol. The molecule has 0 radical (unpaired) electrons. The van der Waals surface area contributed by atoms with E-state index in [-0.39, 0.29) is 18.3 Å². The largest absolute Gasteiger partial charge is 0.329 e. The number of nitrogens with zero attached hydrogens (tertiary/aromatic N) is 2. The Kier molecular flexibility index (Phi) is 6.20. The van der Waals surface area contributed by atoms with Crippen molar-refractivity contribution < 1.29 is 4.79 Å². The maximum atomic E-state index is 12.1. The van der Waals surface area contributed by atoms with Gasteiger partial charge in [-0.25, -0.2) is 0 Å². The molecule has 0 aromatic carbocycles. The number of anilines is 1. The topological polar surface area (TPSA) is 72.9 Å². The lowest BCUT2D eigenvalue weighted by molar-refractivity contribution is -0.125. The molecule has 0 bridgehead atoms. The van der Waals surface area contributed by atoms with Gasteiger partial charge in [0.15, 0.2) is 0 Å². The van der Waals surface area contributed by atoms with Crippen molar-refractivity contribution >= 4 is 24.1 Å². The fourth-order valence-electron chi connectivity index (χ4n) is 1.70. The van der Waals surface area contributed by atoms with Gasteiger partial charge in [-0.15, -0.1) is 12.4 Å². The molecule has 1 rings (SSSR count). The maximum absolute atomic E-state index is 12.1. The number of aryl methyl sites for hydroxylation is 1. The van der Waals surface area contributed by atoms with E-state index in [1.54, 1.807) is 24.0 Å².